The van der Waals surface area contributed by atoms with Gasteiger partial charge in [0.25, 0.3) is 0 Å². The van der Waals surface area contributed by atoms with Gasteiger partial charge in [-0.15, -0.1) is 0 Å². The van der Waals surface area contributed by atoms with Crippen LogP contribution in [0.15, 0.2) is 24.3 Å². The largest absolute Gasteiger partial charge is 0.481 e. The smallest absolute Gasteiger partial charge is 0.311 e. The maximum absolute atomic E-state index is 13.5. The molecular weight excluding hydrogens is 195 g/mol. The van der Waals surface area contributed by atoms with Gasteiger partial charge in [0.2, 0.25) is 0 Å². The lowest BCUT2D eigenvalue weighted by atomic mass is 9.73. The molecule has 80 valence electrons. The van der Waals surface area contributed by atoms with Crippen molar-refractivity contribution < 1.29 is 14.3 Å². The van der Waals surface area contributed by atoms with Crippen molar-refractivity contribution in [2.75, 3.05) is 0 Å². The van der Waals surface area contributed by atoms with Crippen LogP contribution in [-0.2, 0) is 4.79 Å². The molecule has 0 amide bonds. The van der Waals surface area contributed by atoms with Crippen molar-refractivity contribution in [2.24, 2.45) is 5.92 Å². The highest BCUT2D eigenvalue weighted by atomic mass is 19.1. The molecule has 0 radical (unpaired) electrons. The molecule has 15 heavy (non-hydrogen) atoms. The Balaban J connectivity index is 2.32. The molecule has 0 bridgehead atoms. The maximum atomic E-state index is 13.5. The monoisotopic (exact) mass is 208 g/mol. The average molecular weight is 208 g/mol. The number of halogens is 1. The minimum absolute atomic E-state index is 0.111. The number of hydrogen-bond acceptors (Lipinski definition) is 1. The van der Waals surface area contributed by atoms with Gasteiger partial charge in [-0.2, -0.15) is 0 Å². The van der Waals surface area contributed by atoms with E-state index in [4.69, 9.17) is 5.11 Å². The number of carboxylic acid groups (broad SMARTS) is 1. The van der Waals surface area contributed by atoms with Gasteiger partial charge in [-0.25, -0.2) is 4.39 Å². The van der Waals surface area contributed by atoms with E-state index in [1.54, 1.807) is 18.2 Å². The number of benzene rings is 1. The molecule has 0 aliphatic heterocycles. The second kappa shape index (κ2) is 4.01. The Labute approximate surface area is 87.7 Å². The second-order valence-electron chi connectivity index (χ2n) is 4.03. The maximum Gasteiger partial charge on any atom is 0.311 e. The summed E-state index contributed by atoms with van der Waals surface area (Å²) in [6, 6.07) is 6.17. The van der Waals surface area contributed by atoms with Crippen molar-refractivity contribution >= 4 is 5.97 Å². The minimum atomic E-state index is -0.912. The van der Waals surface area contributed by atoms with Gasteiger partial charge in [0, 0.05) is 5.56 Å². The van der Waals surface area contributed by atoms with Gasteiger partial charge < -0.3 is 5.11 Å². The minimum Gasteiger partial charge on any atom is -0.481 e. The van der Waals surface area contributed by atoms with Crippen LogP contribution in [0.5, 0.6) is 0 Å². The Kier molecular flexibility index (Phi) is 2.71. The van der Waals surface area contributed by atoms with Crippen molar-refractivity contribution in [1.29, 1.82) is 0 Å². The zero-order valence-electron chi connectivity index (χ0n) is 8.32. The zero-order valence-corrected chi connectivity index (χ0v) is 8.32. The highest BCUT2D eigenvalue weighted by molar-refractivity contribution is 5.76. The molecule has 2 nitrogen and oxygen atoms in total. The van der Waals surface area contributed by atoms with Crippen molar-refractivity contribution in [3.05, 3.63) is 35.6 Å². The molecule has 3 heteroatoms. The van der Waals surface area contributed by atoms with Crippen molar-refractivity contribution in [1.82, 2.24) is 0 Å². The normalized spacial score (nSPS) is 18.2. The van der Waals surface area contributed by atoms with Gasteiger partial charge in [0.1, 0.15) is 5.82 Å². The Bertz CT molecular complexity index is 372. The zero-order chi connectivity index (χ0) is 10.8. The Morgan fingerprint density at radius 1 is 1.40 bits per heavy atom. The molecule has 1 N–H and O–H groups in total. The third-order valence-corrected chi connectivity index (χ3v) is 3.13. The Hall–Kier alpha value is -1.38. The van der Waals surface area contributed by atoms with Gasteiger partial charge in [0.05, 0.1) is 5.92 Å². The lowest BCUT2D eigenvalue weighted by Gasteiger charge is -2.31. The van der Waals surface area contributed by atoms with E-state index < -0.39 is 17.7 Å². The first-order valence-corrected chi connectivity index (χ1v) is 5.17. The fraction of sp³-hybridized carbons (Fsp3) is 0.417. The molecule has 1 aromatic rings. The molecule has 1 unspecified atom stereocenters. The van der Waals surface area contributed by atoms with E-state index >= 15 is 0 Å². The van der Waals surface area contributed by atoms with Crippen molar-refractivity contribution in [3.8, 4) is 0 Å². The van der Waals surface area contributed by atoms with Gasteiger partial charge in [-0.1, -0.05) is 24.6 Å². The standard InChI is InChI=1S/C12H13FO2/c13-10-7-2-1-6-9(10)11(12(14)15)8-4-3-5-8/h1-2,6-8,11H,3-5H2,(H,14,15). The predicted octanol–water partition coefficient (Wildman–Crippen LogP) is 2.79. The van der Waals surface area contributed by atoms with E-state index in [2.05, 4.69) is 0 Å². The van der Waals surface area contributed by atoms with Crippen LogP contribution < -0.4 is 0 Å². The summed E-state index contributed by atoms with van der Waals surface area (Å²) in [4.78, 5) is 11.1. The van der Waals surface area contributed by atoms with Crippen LogP contribution in [0.1, 0.15) is 30.7 Å². The number of hydrogen-bond donors (Lipinski definition) is 1. The fourth-order valence-corrected chi connectivity index (χ4v) is 2.09. The number of carboxylic acids is 1. The summed E-state index contributed by atoms with van der Waals surface area (Å²) in [5.41, 5.74) is 0.328. The first-order valence-electron chi connectivity index (χ1n) is 5.17. The summed E-state index contributed by atoms with van der Waals surface area (Å²) in [6.45, 7) is 0. The number of aliphatic carboxylic acids is 1. The van der Waals surface area contributed by atoms with E-state index in [1.165, 1.54) is 6.07 Å². The highest BCUT2D eigenvalue weighted by Gasteiger charge is 2.35. The fourth-order valence-electron chi connectivity index (χ4n) is 2.09. The van der Waals surface area contributed by atoms with E-state index in [0.717, 1.165) is 19.3 Å². The summed E-state index contributed by atoms with van der Waals surface area (Å²) in [6.07, 6.45) is 2.85. The number of carbonyl (C=O) groups is 1. The predicted molar refractivity (Wildman–Crippen MR) is 54.1 cm³/mol. The van der Waals surface area contributed by atoms with E-state index in [-0.39, 0.29) is 5.92 Å². The first kappa shape index (κ1) is 10.1. The third kappa shape index (κ3) is 1.87. The van der Waals surface area contributed by atoms with Gasteiger partial charge in [0.15, 0.2) is 0 Å². The molecule has 2 rings (SSSR count). The summed E-state index contributed by atoms with van der Waals surface area (Å²) >= 11 is 0. The SMILES string of the molecule is O=C(O)C(c1ccccc1F)C1CCC1. The van der Waals surface area contributed by atoms with Crippen LogP contribution >= 0.6 is 0 Å². The highest BCUT2D eigenvalue weighted by Crippen LogP contribution is 2.40. The van der Waals surface area contributed by atoms with Crippen LogP contribution in [0, 0.1) is 11.7 Å². The Morgan fingerprint density at radius 2 is 2.07 bits per heavy atom. The van der Waals surface area contributed by atoms with Crippen LogP contribution in [0.4, 0.5) is 4.39 Å². The lowest BCUT2D eigenvalue weighted by Crippen LogP contribution is -2.27. The molecule has 0 heterocycles. The van der Waals surface area contributed by atoms with Gasteiger partial charge >= 0.3 is 5.97 Å². The molecule has 0 aromatic heterocycles. The van der Waals surface area contributed by atoms with E-state index in [0.29, 0.717) is 5.56 Å². The van der Waals surface area contributed by atoms with Crippen LogP contribution in [0.2, 0.25) is 0 Å². The van der Waals surface area contributed by atoms with Gasteiger partial charge in [-0.3, -0.25) is 4.79 Å². The second-order valence-corrected chi connectivity index (χ2v) is 4.03. The molecule has 1 fully saturated rings. The van der Waals surface area contributed by atoms with Crippen molar-refractivity contribution in [2.45, 2.75) is 25.2 Å². The van der Waals surface area contributed by atoms with Crippen molar-refractivity contribution in [3.63, 3.8) is 0 Å². The summed E-state index contributed by atoms with van der Waals surface area (Å²) in [5.74, 6) is -1.87. The van der Waals surface area contributed by atoms with E-state index in [1.807, 2.05) is 0 Å². The summed E-state index contributed by atoms with van der Waals surface area (Å²) < 4.78 is 13.5. The average Bonchev–Trinajstić information content (AvgIpc) is 2.12. The third-order valence-electron chi connectivity index (χ3n) is 3.13. The quantitative estimate of drug-likeness (QED) is 0.829. The molecule has 1 aliphatic carbocycles. The molecule has 1 saturated carbocycles. The molecule has 1 atom stereocenters. The first-order chi connectivity index (χ1) is 7.20. The number of rotatable bonds is 3. The molecule has 0 saturated heterocycles. The summed E-state index contributed by atoms with van der Waals surface area (Å²) in [7, 11) is 0. The van der Waals surface area contributed by atoms with E-state index in [9.17, 15) is 9.18 Å². The van der Waals surface area contributed by atoms with Crippen LogP contribution in [-0.4, -0.2) is 11.1 Å². The topological polar surface area (TPSA) is 37.3 Å². The molecule has 1 aromatic carbocycles. The molecular formula is C12H13FO2. The van der Waals surface area contributed by atoms with Crippen LogP contribution in [0.25, 0.3) is 0 Å². The Morgan fingerprint density at radius 3 is 2.53 bits per heavy atom. The molecule has 1 aliphatic rings. The van der Waals surface area contributed by atoms with Crippen LogP contribution in [0.3, 0.4) is 0 Å². The summed E-state index contributed by atoms with van der Waals surface area (Å²) in [5, 5.41) is 9.12. The lowest BCUT2D eigenvalue weighted by molar-refractivity contribution is -0.141. The van der Waals surface area contributed by atoms with Gasteiger partial charge in [-0.05, 0) is 24.8 Å². The molecule has 0 spiro atoms.